The third kappa shape index (κ3) is 5.62. The number of nitrogens with one attached hydrogen (secondary N) is 2. The van der Waals surface area contributed by atoms with Crippen LogP contribution in [0.1, 0.15) is 22.8 Å². The number of nitrogens with zero attached hydrogens (tertiary/aromatic N) is 1. The number of benzene rings is 3. The highest BCUT2D eigenvalue weighted by Crippen LogP contribution is 2.20. The van der Waals surface area contributed by atoms with E-state index in [0.29, 0.717) is 22.2 Å². The fourth-order valence-electron chi connectivity index (χ4n) is 2.74. The first-order valence-electron chi connectivity index (χ1n) is 9.16. The van der Waals surface area contributed by atoms with E-state index in [0.717, 1.165) is 5.56 Å². The Bertz CT molecular complexity index is 1230. The van der Waals surface area contributed by atoms with Crippen LogP contribution in [-0.4, -0.2) is 27.1 Å². The SMILES string of the molecule is COc1ccccc1/C(C)=N\NC(=O)c1cccc(S(=O)(=O)Nc2ccc(Cl)cc2)c1. The van der Waals surface area contributed by atoms with Gasteiger partial charge in [-0.1, -0.05) is 29.8 Å². The van der Waals surface area contributed by atoms with Crippen molar-refractivity contribution in [1.29, 1.82) is 0 Å². The molecule has 3 aromatic rings. The molecule has 3 rings (SSSR count). The van der Waals surface area contributed by atoms with Crippen LogP contribution < -0.4 is 14.9 Å². The van der Waals surface area contributed by atoms with Crippen molar-refractivity contribution in [3.63, 3.8) is 0 Å². The number of hydrogen-bond donors (Lipinski definition) is 2. The first-order chi connectivity index (χ1) is 14.8. The summed E-state index contributed by atoms with van der Waals surface area (Å²) >= 11 is 5.82. The number of para-hydroxylation sites is 1. The van der Waals surface area contributed by atoms with Gasteiger partial charge in [-0.05, 0) is 61.5 Å². The van der Waals surface area contributed by atoms with Gasteiger partial charge in [-0.15, -0.1) is 0 Å². The molecule has 9 heteroatoms. The molecular weight excluding hydrogens is 438 g/mol. The van der Waals surface area contributed by atoms with Crippen LogP contribution in [0.5, 0.6) is 5.75 Å². The van der Waals surface area contributed by atoms with Gasteiger partial charge in [-0.25, -0.2) is 13.8 Å². The molecule has 7 nitrogen and oxygen atoms in total. The van der Waals surface area contributed by atoms with Crippen LogP contribution in [-0.2, 0) is 10.0 Å². The minimum atomic E-state index is -3.89. The Morgan fingerprint density at radius 2 is 1.71 bits per heavy atom. The summed E-state index contributed by atoms with van der Waals surface area (Å²) in [4.78, 5) is 12.5. The van der Waals surface area contributed by atoms with Crippen molar-refractivity contribution in [2.75, 3.05) is 11.8 Å². The number of hydrogen-bond acceptors (Lipinski definition) is 5. The van der Waals surface area contributed by atoms with E-state index in [1.807, 2.05) is 18.2 Å². The lowest BCUT2D eigenvalue weighted by Crippen LogP contribution is -2.20. The largest absolute Gasteiger partial charge is 0.496 e. The first-order valence-corrected chi connectivity index (χ1v) is 11.0. The monoisotopic (exact) mass is 457 g/mol. The van der Waals surface area contributed by atoms with Crippen molar-refractivity contribution in [1.82, 2.24) is 5.43 Å². The highest BCUT2D eigenvalue weighted by molar-refractivity contribution is 7.92. The molecule has 0 radical (unpaired) electrons. The predicted octanol–water partition coefficient (Wildman–Crippen LogP) is 4.30. The Morgan fingerprint density at radius 3 is 2.42 bits per heavy atom. The molecule has 160 valence electrons. The zero-order valence-corrected chi connectivity index (χ0v) is 18.4. The molecule has 31 heavy (non-hydrogen) atoms. The van der Waals surface area contributed by atoms with Crippen LogP contribution in [0.4, 0.5) is 5.69 Å². The minimum absolute atomic E-state index is 0.0551. The number of hydrazone groups is 1. The van der Waals surface area contributed by atoms with Crippen LogP contribution in [0.2, 0.25) is 5.02 Å². The Kier molecular flexibility index (Phi) is 6.94. The van der Waals surface area contributed by atoms with Crippen molar-refractivity contribution >= 4 is 38.9 Å². The van der Waals surface area contributed by atoms with Crippen LogP contribution >= 0.6 is 11.6 Å². The number of carbonyl (C=O) groups excluding carboxylic acids is 1. The second-order valence-corrected chi connectivity index (χ2v) is 8.60. The Balaban J connectivity index is 1.77. The molecule has 0 fully saturated rings. The lowest BCUT2D eigenvalue weighted by Gasteiger charge is -2.10. The van der Waals surface area contributed by atoms with Gasteiger partial charge in [0.1, 0.15) is 5.75 Å². The maximum atomic E-state index is 12.7. The van der Waals surface area contributed by atoms with E-state index in [2.05, 4.69) is 15.2 Å². The van der Waals surface area contributed by atoms with Crippen molar-refractivity contribution in [3.05, 3.63) is 88.9 Å². The molecule has 0 aliphatic carbocycles. The summed E-state index contributed by atoms with van der Waals surface area (Å²) in [6, 6.07) is 19.2. The second-order valence-electron chi connectivity index (χ2n) is 6.48. The van der Waals surface area contributed by atoms with Gasteiger partial charge in [0.15, 0.2) is 0 Å². The van der Waals surface area contributed by atoms with Gasteiger partial charge in [-0.2, -0.15) is 5.10 Å². The van der Waals surface area contributed by atoms with E-state index < -0.39 is 15.9 Å². The van der Waals surface area contributed by atoms with Crippen LogP contribution in [0.3, 0.4) is 0 Å². The van der Waals surface area contributed by atoms with Crippen molar-refractivity contribution in [2.45, 2.75) is 11.8 Å². The summed E-state index contributed by atoms with van der Waals surface area (Å²) in [7, 11) is -2.34. The zero-order valence-electron chi connectivity index (χ0n) is 16.8. The molecule has 2 N–H and O–H groups in total. The van der Waals surface area contributed by atoms with Crippen molar-refractivity contribution < 1.29 is 17.9 Å². The third-order valence-electron chi connectivity index (χ3n) is 4.32. The molecule has 0 saturated heterocycles. The lowest BCUT2D eigenvalue weighted by atomic mass is 10.1. The van der Waals surface area contributed by atoms with E-state index in [1.165, 1.54) is 24.3 Å². The summed E-state index contributed by atoms with van der Waals surface area (Å²) in [6.07, 6.45) is 0. The lowest BCUT2D eigenvalue weighted by molar-refractivity contribution is 0.0954. The number of methoxy groups -OCH3 is 1. The standard InChI is InChI=1S/C22H20ClN3O4S/c1-15(20-8-3-4-9-21(20)30-2)24-25-22(27)16-6-5-7-19(14-16)31(28,29)26-18-12-10-17(23)11-13-18/h3-14,26H,1-2H3,(H,25,27)/b24-15-. The number of amides is 1. The summed E-state index contributed by atoms with van der Waals surface area (Å²) in [5, 5.41) is 4.60. The van der Waals surface area contributed by atoms with Crippen LogP contribution in [0, 0.1) is 0 Å². The smallest absolute Gasteiger partial charge is 0.271 e. The summed E-state index contributed by atoms with van der Waals surface area (Å²) in [6.45, 7) is 1.73. The maximum absolute atomic E-state index is 12.7. The molecule has 0 heterocycles. The van der Waals surface area contributed by atoms with Gasteiger partial charge in [0.2, 0.25) is 0 Å². The Morgan fingerprint density at radius 1 is 1.00 bits per heavy atom. The van der Waals surface area contributed by atoms with Gasteiger partial charge < -0.3 is 4.74 Å². The second kappa shape index (κ2) is 9.63. The van der Waals surface area contributed by atoms with Gasteiger partial charge in [0, 0.05) is 21.8 Å². The highest BCUT2D eigenvalue weighted by Gasteiger charge is 2.17. The number of carbonyl (C=O) groups is 1. The molecule has 1 amide bonds. The molecule has 0 saturated carbocycles. The fourth-order valence-corrected chi connectivity index (χ4v) is 3.97. The van der Waals surface area contributed by atoms with Crippen LogP contribution in [0.15, 0.2) is 82.8 Å². The van der Waals surface area contributed by atoms with Crippen molar-refractivity contribution in [3.8, 4) is 5.75 Å². The molecule has 0 atom stereocenters. The Labute approximate surface area is 185 Å². The Hall–Kier alpha value is -3.36. The molecule has 0 aliphatic rings. The average Bonchev–Trinajstić information content (AvgIpc) is 2.78. The van der Waals surface area contributed by atoms with E-state index in [4.69, 9.17) is 16.3 Å². The fraction of sp³-hybridized carbons (Fsp3) is 0.0909. The molecule has 0 bridgehead atoms. The highest BCUT2D eigenvalue weighted by atomic mass is 35.5. The van der Waals surface area contributed by atoms with Gasteiger partial charge >= 0.3 is 0 Å². The number of sulfonamides is 1. The predicted molar refractivity (Wildman–Crippen MR) is 121 cm³/mol. The van der Waals surface area contributed by atoms with Gasteiger partial charge in [0.25, 0.3) is 15.9 Å². The van der Waals surface area contributed by atoms with E-state index in [-0.39, 0.29) is 10.5 Å². The molecule has 0 spiro atoms. The van der Waals surface area contributed by atoms with Gasteiger partial charge in [-0.3, -0.25) is 9.52 Å². The number of ether oxygens (including phenoxy) is 1. The minimum Gasteiger partial charge on any atom is -0.496 e. The molecule has 0 unspecified atom stereocenters. The third-order valence-corrected chi connectivity index (χ3v) is 5.96. The van der Waals surface area contributed by atoms with Crippen molar-refractivity contribution in [2.24, 2.45) is 5.10 Å². The summed E-state index contributed by atoms with van der Waals surface area (Å²) in [5.74, 6) is 0.0807. The van der Waals surface area contributed by atoms with E-state index in [9.17, 15) is 13.2 Å². The van der Waals surface area contributed by atoms with E-state index >= 15 is 0 Å². The van der Waals surface area contributed by atoms with Gasteiger partial charge in [0.05, 0.1) is 17.7 Å². The molecule has 0 aliphatic heterocycles. The zero-order chi connectivity index (χ0) is 22.4. The number of anilines is 1. The molecule has 0 aromatic heterocycles. The number of halogens is 1. The normalized spacial score (nSPS) is 11.6. The summed E-state index contributed by atoms with van der Waals surface area (Å²) < 4.78 is 33.1. The quantitative estimate of drug-likeness (QED) is 0.408. The van der Waals surface area contributed by atoms with E-state index in [1.54, 1.807) is 44.4 Å². The number of rotatable bonds is 7. The average molecular weight is 458 g/mol. The molecule has 3 aromatic carbocycles. The first kappa shape index (κ1) is 22.3. The maximum Gasteiger partial charge on any atom is 0.271 e. The van der Waals surface area contributed by atoms with Crippen LogP contribution in [0.25, 0.3) is 0 Å². The topological polar surface area (TPSA) is 96.9 Å². The summed E-state index contributed by atoms with van der Waals surface area (Å²) in [5.41, 5.74) is 4.22. The molecular formula is C22H20ClN3O4S.